The summed E-state index contributed by atoms with van der Waals surface area (Å²) in [6.07, 6.45) is 1.84. The molecule has 0 aliphatic rings. The molecule has 0 radical (unpaired) electrons. The molecule has 0 bridgehead atoms. The number of carbonyl (C=O) groups is 1. The number of primary amides is 1. The van der Waals surface area contributed by atoms with Crippen LogP contribution in [-0.2, 0) is 4.79 Å². The Morgan fingerprint density at radius 1 is 1.40 bits per heavy atom. The summed E-state index contributed by atoms with van der Waals surface area (Å²) in [4.78, 5) is 11.3. The largest absolute Gasteiger partial charge is 0.490 e. The van der Waals surface area contributed by atoms with E-state index < -0.39 is 23.1 Å². The van der Waals surface area contributed by atoms with E-state index in [0.717, 1.165) is 6.07 Å². The van der Waals surface area contributed by atoms with Crippen LogP contribution in [0.4, 0.5) is 8.78 Å². The van der Waals surface area contributed by atoms with E-state index in [-0.39, 0.29) is 12.4 Å². The minimum atomic E-state index is -0.982. The standard InChI is InChI=1S/C14H20F2N2O2/c1-14(18-2,13(17)19)8-3-4-9-20-11-7-5-6-10(15)12(11)16/h5-7,18H,3-4,8-9H2,1-2H3,(H2,17,19). The first-order chi connectivity index (χ1) is 9.40. The highest BCUT2D eigenvalue weighted by atomic mass is 19.2. The molecule has 0 spiro atoms. The fourth-order valence-electron chi connectivity index (χ4n) is 1.73. The molecule has 1 unspecified atom stereocenters. The summed E-state index contributed by atoms with van der Waals surface area (Å²) in [7, 11) is 1.67. The van der Waals surface area contributed by atoms with Crippen molar-refractivity contribution in [2.45, 2.75) is 31.7 Å². The fourth-order valence-corrected chi connectivity index (χ4v) is 1.73. The third-order valence-corrected chi connectivity index (χ3v) is 3.34. The Kier molecular flexibility index (Phi) is 5.88. The maximum atomic E-state index is 13.3. The van der Waals surface area contributed by atoms with E-state index in [9.17, 15) is 13.6 Å². The van der Waals surface area contributed by atoms with Gasteiger partial charge in [0.15, 0.2) is 11.6 Å². The number of hydrogen-bond donors (Lipinski definition) is 2. The predicted molar refractivity (Wildman–Crippen MR) is 72.4 cm³/mol. The molecule has 1 rings (SSSR count). The van der Waals surface area contributed by atoms with E-state index in [1.54, 1.807) is 14.0 Å². The second-order valence-electron chi connectivity index (χ2n) is 4.80. The molecule has 3 N–H and O–H groups in total. The third kappa shape index (κ3) is 4.16. The van der Waals surface area contributed by atoms with Crippen LogP contribution in [-0.4, -0.2) is 25.1 Å². The summed E-state index contributed by atoms with van der Waals surface area (Å²) in [6, 6.07) is 3.80. The molecule has 0 heterocycles. The molecule has 4 nitrogen and oxygen atoms in total. The topological polar surface area (TPSA) is 64.3 Å². The van der Waals surface area contributed by atoms with Gasteiger partial charge in [-0.05, 0) is 45.4 Å². The molecule has 6 heteroatoms. The summed E-state index contributed by atoms with van der Waals surface area (Å²) in [5, 5.41) is 2.88. The molecule has 1 aromatic carbocycles. The number of rotatable bonds is 8. The van der Waals surface area contributed by atoms with Crippen molar-refractivity contribution in [1.29, 1.82) is 0 Å². The highest BCUT2D eigenvalue weighted by molar-refractivity contribution is 5.84. The third-order valence-electron chi connectivity index (χ3n) is 3.34. The zero-order valence-corrected chi connectivity index (χ0v) is 11.7. The number of amides is 1. The van der Waals surface area contributed by atoms with Crippen molar-refractivity contribution in [2.75, 3.05) is 13.7 Å². The SMILES string of the molecule is CNC(C)(CCCCOc1cccc(F)c1F)C(N)=O. The number of nitrogens with one attached hydrogen (secondary N) is 1. The lowest BCUT2D eigenvalue weighted by Gasteiger charge is -2.25. The first kappa shape index (κ1) is 16.4. The van der Waals surface area contributed by atoms with Gasteiger partial charge < -0.3 is 15.8 Å². The van der Waals surface area contributed by atoms with Gasteiger partial charge >= 0.3 is 0 Å². The molecule has 0 aliphatic carbocycles. The molecule has 0 saturated carbocycles. The van der Waals surface area contributed by atoms with Gasteiger partial charge in [0.1, 0.15) is 0 Å². The summed E-state index contributed by atoms with van der Waals surface area (Å²) >= 11 is 0. The van der Waals surface area contributed by atoms with Gasteiger partial charge in [-0.1, -0.05) is 6.07 Å². The molecule has 0 aliphatic heterocycles. The Labute approximate surface area is 117 Å². The summed E-state index contributed by atoms with van der Waals surface area (Å²) in [6.45, 7) is 1.97. The second-order valence-corrected chi connectivity index (χ2v) is 4.80. The van der Waals surface area contributed by atoms with Gasteiger partial charge in [0.25, 0.3) is 0 Å². The minimum absolute atomic E-state index is 0.101. The summed E-state index contributed by atoms with van der Waals surface area (Å²) < 4.78 is 31.4. The first-order valence-electron chi connectivity index (χ1n) is 6.46. The van der Waals surface area contributed by atoms with E-state index >= 15 is 0 Å². The van der Waals surface area contributed by atoms with E-state index in [0.29, 0.717) is 19.3 Å². The van der Waals surface area contributed by atoms with Crippen LogP contribution in [0.2, 0.25) is 0 Å². The Balaban J connectivity index is 2.36. The van der Waals surface area contributed by atoms with Crippen molar-refractivity contribution in [2.24, 2.45) is 5.73 Å². The lowest BCUT2D eigenvalue weighted by Crippen LogP contribution is -2.51. The number of hydrogen-bond acceptors (Lipinski definition) is 3. The van der Waals surface area contributed by atoms with Crippen LogP contribution < -0.4 is 15.8 Å². The lowest BCUT2D eigenvalue weighted by atomic mass is 9.94. The number of nitrogens with two attached hydrogens (primary N) is 1. The fraction of sp³-hybridized carbons (Fsp3) is 0.500. The number of likely N-dealkylation sites (N-methyl/N-ethyl adjacent to an activating group) is 1. The zero-order chi connectivity index (χ0) is 15.2. The van der Waals surface area contributed by atoms with E-state index in [4.69, 9.17) is 10.5 Å². The van der Waals surface area contributed by atoms with E-state index in [2.05, 4.69) is 5.32 Å². The second kappa shape index (κ2) is 7.19. The van der Waals surface area contributed by atoms with Crippen molar-refractivity contribution in [3.8, 4) is 5.75 Å². The van der Waals surface area contributed by atoms with Gasteiger partial charge in [-0.25, -0.2) is 4.39 Å². The average molecular weight is 286 g/mol. The molecular weight excluding hydrogens is 266 g/mol. The number of carbonyl (C=O) groups excluding carboxylic acids is 1. The molecule has 1 atom stereocenters. The lowest BCUT2D eigenvalue weighted by molar-refractivity contribution is -0.123. The van der Waals surface area contributed by atoms with Crippen LogP contribution in [0.5, 0.6) is 5.75 Å². The van der Waals surface area contributed by atoms with Crippen molar-refractivity contribution in [1.82, 2.24) is 5.32 Å². The summed E-state index contributed by atoms with van der Waals surface area (Å²) in [5.74, 6) is -2.43. The van der Waals surface area contributed by atoms with Gasteiger partial charge in [-0.15, -0.1) is 0 Å². The predicted octanol–water partition coefficient (Wildman–Crippen LogP) is 1.98. The molecule has 112 valence electrons. The van der Waals surface area contributed by atoms with Gasteiger partial charge in [-0.3, -0.25) is 4.79 Å². The van der Waals surface area contributed by atoms with Gasteiger partial charge in [0.2, 0.25) is 11.7 Å². The minimum Gasteiger partial charge on any atom is -0.490 e. The monoisotopic (exact) mass is 286 g/mol. The number of unbranched alkanes of at least 4 members (excludes halogenated alkanes) is 1. The molecule has 20 heavy (non-hydrogen) atoms. The van der Waals surface area contributed by atoms with Crippen LogP contribution in [0.15, 0.2) is 18.2 Å². The van der Waals surface area contributed by atoms with Crippen molar-refractivity contribution < 1.29 is 18.3 Å². The number of halogens is 2. The molecule has 0 saturated heterocycles. The van der Waals surface area contributed by atoms with Gasteiger partial charge in [-0.2, -0.15) is 4.39 Å². The van der Waals surface area contributed by atoms with E-state index in [1.807, 2.05) is 0 Å². The average Bonchev–Trinajstić information content (AvgIpc) is 2.42. The van der Waals surface area contributed by atoms with Gasteiger partial charge in [0.05, 0.1) is 12.1 Å². The molecule has 0 fully saturated rings. The highest BCUT2D eigenvalue weighted by Crippen LogP contribution is 2.20. The van der Waals surface area contributed by atoms with Crippen molar-refractivity contribution in [3.63, 3.8) is 0 Å². The van der Waals surface area contributed by atoms with Crippen molar-refractivity contribution >= 4 is 5.91 Å². The normalized spacial score (nSPS) is 13.8. The smallest absolute Gasteiger partial charge is 0.237 e. The van der Waals surface area contributed by atoms with Crippen molar-refractivity contribution in [3.05, 3.63) is 29.8 Å². The van der Waals surface area contributed by atoms with Crippen LogP contribution >= 0.6 is 0 Å². The molecular formula is C14H20F2N2O2. The highest BCUT2D eigenvalue weighted by Gasteiger charge is 2.27. The maximum absolute atomic E-state index is 13.3. The molecule has 1 aromatic rings. The number of ether oxygens (including phenoxy) is 1. The quantitative estimate of drug-likeness (QED) is 0.718. The zero-order valence-electron chi connectivity index (χ0n) is 11.7. The Morgan fingerprint density at radius 3 is 2.70 bits per heavy atom. The van der Waals surface area contributed by atoms with Crippen LogP contribution in [0.25, 0.3) is 0 Å². The van der Waals surface area contributed by atoms with Gasteiger partial charge in [0, 0.05) is 0 Å². The Morgan fingerprint density at radius 2 is 2.10 bits per heavy atom. The van der Waals surface area contributed by atoms with Crippen LogP contribution in [0.3, 0.4) is 0 Å². The maximum Gasteiger partial charge on any atom is 0.237 e. The van der Waals surface area contributed by atoms with Crippen LogP contribution in [0, 0.1) is 11.6 Å². The Bertz CT molecular complexity index is 468. The van der Waals surface area contributed by atoms with Crippen LogP contribution in [0.1, 0.15) is 26.2 Å². The van der Waals surface area contributed by atoms with E-state index in [1.165, 1.54) is 12.1 Å². The first-order valence-corrected chi connectivity index (χ1v) is 6.46. The Hall–Kier alpha value is -1.69. The molecule has 1 amide bonds. The molecule has 0 aromatic heterocycles. The summed E-state index contributed by atoms with van der Waals surface area (Å²) in [5.41, 5.74) is 4.54. The number of benzene rings is 1.